The number of carbonyl (C=O) groups excluding carboxylic acids is 1. The van der Waals surface area contributed by atoms with E-state index in [-0.39, 0.29) is 27.9 Å². The van der Waals surface area contributed by atoms with Crippen molar-refractivity contribution < 1.29 is 13.2 Å². The van der Waals surface area contributed by atoms with Crippen LogP contribution in [0.1, 0.15) is 38.7 Å². The van der Waals surface area contributed by atoms with E-state index >= 15 is 0 Å². The van der Waals surface area contributed by atoms with Crippen molar-refractivity contribution in [3.63, 3.8) is 0 Å². The van der Waals surface area contributed by atoms with Gasteiger partial charge in [-0.2, -0.15) is 5.26 Å². The number of rotatable bonds is 2. The second kappa shape index (κ2) is 5.34. The van der Waals surface area contributed by atoms with E-state index in [0.717, 1.165) is 23.2 Å². The zero-order chi connectivity index (χ0) is 15.9. The summed E-state index contributed by atoms with van der Waals surface area (Å²) in [6, 6.07) is 11.7. The van der Waals surface area contributed by atoms with Crippen LogP contribution in [-0.2, 0) is 16.3 Å². The maximum atomic E-state index is 12.5. The minimum Gasteiger partial charge on any atom is -0.294 e. The van der Waals surface area contributed by atoms with E-state index in [1.807, 2.05) is 36.4 Å². The summed E-state index contributed by atoms with van der Waals surface area (Å²) in [7, 11) is -3.50. The number of Topliss-reactive ketones (excluding diaryl/α,β-unsaturated/α-hetero) is 1. The standard InChI is InChI=1S/C16H13NO3S2/c1-22(19,20)16-15-12(14(9-17)21-16)7-11(8-13(15)18)10-5-3-2-4-6-10/h2-6,11H,7-8H2,1H3. The summed E-state index contributed by atoms with van der Waals surface area (Å²) >= 11 is 0.913. The van der Waals surface area contributed by atoms with Gasteiger partial charge in [0.2, 0.25) is 0 Å². The number of nitrogens with zero attached hydrogens (tertiary/aromatic N) is 1. The molecule has 0 saturated carbocycles. The Hall–Kier alpha value is -1.97. The maximum Gasteiger partial charge on any atom is 0.185 e. The van der Waals surface area contributed by atoms with Gasteiger partial charge in [0.25, 0.3) is 0 Å². The molecule has 0 spiro atoms. The summed E-state index contributed by atoms with van der Waals surface area (Å²) in [6.07, 6.45) is 1.89. The molecule has 0 fully saturated rings. The van der Waals surface area contributed by atoms with Gasteiger partial charge in [-0.3, -0.25) is 4.79 Å². The molecule has 1 unspecified atom stereocenters. The molecule has 112 valence electrons. The van der Waals surface area contributed by atoms with Crippen molar-refractivity contribution in [2.24, 2.45) is 0 Å². The largest absolute Gasteiger partial charge is 0.294 e. The fourth-order valence-corrected chi connectivity index (χ4v) is 5.22. The number of nitriles is 1. The van der Waals surface area contributed by atoms with Crippen molar-refractivity contribution in [3.8, 4) is 6.07 Å². The Morgan fingerprint density at radius 2 is 1.91 bits per heavy atom. The van der Waals surface area contributed by atoms with Crippen molar-refractivity contribution in [3.05, 3.63) is 51.9 Å². The molecule has 6 heteroatoms. The second-order valence-electron chi connectivity index (χ2n) is 5.40. The average Bonchev–Trinajstić information content (AvgIpc) is 2.87. The maximum absolute atomic E-state index is 12.5. The first-order valence-electron chi connectivity index (χ1n) is 6.75. The molecule has 1 aliphatic carbocycles. The molecule has 1 aromatic carbocycles. The highest BCUT2D eigenvalue weighted by molar-refractivity contribution is 7.92. The number of ketones is 1. The number of benzene rings is 1. The average molecular weight is 331 g/mol. The van der Waals surface area contributed by atoms with Gasteiger partial charge in [-0.1, -0.05) is 30.3 Å². The van der Waals surface area contributed by atoms with E-state index in [2.05, 4.69) is 0 Å². The molecule has 0 amide bonds. The molecular weight excluding hydrogens is 318 g/mol. The third-order valence-electron chi connectivity index (χ3n) is 3.85. The highest BCUT2D eigenvalue weighted by atomic mass is 32.2. The van der Waals surface area contributed by atoms with Gasteiger partial charge in [-0.05, 0) is 23.5 Å². The first-order chi connectivity index (χ1) is 10.4. The van der Waals surface area contributed by atoms with Gasteiger partial charge in [0.1, 0.15) is 15.2 Å². The van der Waals surface area contributed by atoms with Crippen LogP contribution in [0.2, 0.25) is 0 Å². The summed E-state index contributed by atoms with van der Waals surface area (Å²) in [5.74, 6) is -0.191. The first-order valence-corrected chi connectivity index (χ1v) is 9.46. The van der Waals surface area contributed by atoms with E-state index in [1.54, 1.807) is 0 Å². The lowest BCUT2D eigenvalue weighted by Crippen LogP contribution is -2.19. The normalized spacial score (nSPS) is 17.8. The lowest BCUT2D eigenvalue weighted by Gasteiger charge is -2.22. The minimum absolute atomic E-state index is 0.00434. The molecule has 0 radical (unpaired) electrons. The Morgan fingerprint density at radius 3 is 2.50 bits per heavy atom. The zero-order valence-electron chi connectivity index (χ0n) is 11.9. The van der Waals surface area contributed by atoms with Crippen LogP contribution in [0.4, 0.5) is 0 Å². The van der Waals surface area contributed by atoms with Crippen molar-refractivity contribution in [2.75, 3.05) is 6.26 Å². The quantitative estimate of drug-likeness (QED) is 0.848. The predicted octanol–water partition coefficient (Wildman–Crippen LogP) is 2.94. The number of hydrogen-bond acceptors (Lipinski definition) is 5. The Kier molecular flexibility index (Phi) is 3.63. The number of thiophene rings is 1. The molecule has 1 aliphatic rings. The summed E-state index contributed by atoms with van der Waals surface area (Å²) in [4.78, 5) is 12.8. The molecule has 1 heterocycles. The summed E-state index contributed by atoms with van der Waals surface area (Å²) < 4.78 is 23.8. The SMILES string of the molecule is CS(=O)(=O)c1sc(C#N)c2c1C(=O)CC(c1ccccc1)C2. The Labute approximate surface area is 132 Å². The van der Waals surface area contributed by atoms with Crippen molar-refractivity contribution in [1.29, 1.82) is 5.26 Å². The van der Waals surface area contributed by atoms with Crippen LogP contribution in [0.15, 0.2) is 34.5 Å². The van der Waals surface area contributed by atoms with Crippen LogP contribution >= 0.6 is 11.3 Å². The highest BCUT2D eigenvalue weighted by Gasteiger charge is 2.35. The molecular formula is C16H13NO3S2. The summed E-state index contributed by atoms with van der Waals surface area (Å²) in [5, 5.41) is 9.27. The highest BCUT2D eigenvalue weighted by Crippen LogP contribution is 2.41. The number of carbonyl (C=O) groups is 1. The minimum atomic E-state index is -3.50. The third kappa shape index (κ3) is 2.47. The monoisotopic (exact) mass is 331 g/mol. The zero-order valence-corrected chi connectivity index (χ0v) is 13.5. The van der Waals surface area contributed by atoms with Gasteiger partial charge in [0.15, 0.2) is 15.6 Å². The van der Waals surface area contributed by atoms with E-state index < -0.39 is 9.84 Å². The molecule has 3 rings (SSSR count). The molecule has 0 N–H and O–H groups in total. The molecule has 0 bridgehead atoms. The topological polar surface area (TPSA) is 75.0 Å². The summed E-state index contributed by atoms with van der Waals surface area (Å²) in [5.41, 5.74) is 1.88. The van der Waals surface area contributed by atoms with Crippen molar-refractivity contribution in [2.45, 2.75) is 23.0 Å². The van der Waals surface area contributed by atoms with Gasteiger partial charge in [-0.15, -0.1) is 11.3 Å². The lowest BCUT2D eigenvalue weighted by atomic mass is 9.80. The molecule has 2 aromatic rings. The van der Waals surface area contributed by atoms with Crippen LogP contribution in [0, 0.1) is 11.3 Å². The summed E-state index contributed by atoms with van der Waals surface area (Å²) in [6.45, 7) is 0. The molecule has 1 atom stereocenters. The van der Waals surface area contributed by atoms with Crippen molar-refractivity contribution >= 4 is 27.0 Å². The van der Waals surface area contributed by atoms with E-state index in [4.69, 9.17) is 0 Å². The molecule has 1 aromatic heterocycles. The van der Waals surface area contributed by atoms with E-state index in [0.29, 0.717) is 16.9 Å². The Bertz CT molecular complexity index is 889. The van der Waals surface area contributed by atoms with Gasteiger partial charge < -0.3 is 0 Å². The number of sulfone groups is 1. The fourth-order valence-electron chi connectivity index (χ4n) is 2.88. The van der Waals surface area contributed by atoms with E-state index in [1.165, 1.54) is 0 Å². The van der Waals surface area contributed by atoms with Gasteiger partial charge in [0.05, 0.1) is 5.56 Å². The van der Waals surface area contributed by atoms with Gasteiger partial charge >= 0.3 is 0 Å². The first kappa shape index (κ1) is 14.9. The smallest absolute Gasteiger partial charge is 0.185 e. The van der Waals surface area contributed by atoms with Gasteiger partial charge in [-0.25, -0.2) is 8.42 Å². The Morgan fingerprint density at radius 1 is 1.23 bits per heavy atom. The van der Waals surface area contributed by atoms with Crippen molar-refractivity contribution in [1.82, 2.24) is 0 Å². The van der Waals surface area contributed by atoms with Crippen LogP contribution < -0.4 is 0 Å². The number of hydrogen-bond donors (Lipinski definition) is 0. The lowest BCUT2D eigenvalue weighted by molar-refractivity contribution is 0.0961. The Balaban J connectivity index is 2.14. The number of fused-ring (bicyclic) bond motifs is 1. The van der Waals surface area contributed by atoms with Gasteiger partial charge in [0, 0.05) is 12.7 Å². The van der Waals surface area contributed by atoms with E-state index in [9.17, 15) is 18.5 Å². The van der Waals surface area contributed by atoms with Crippen LogP contribution in [0.5, 0.6) is 0 Å². The van der Waals surface area contributed by atoms with Crippen LogP contribution in [-0.4, -0.2) is 20.5 Å². The van der Waals surface area contributed by atoms with Crippen LogP contribution in [0.25, 0.3) is 0 Å². The molecule has 22 heavy (non-hydrogen) atoms. The molecule has 4 nitrogen and oxygen atoms in total. The second-order valence-corrected chi connectivity index (χ2v) is 8.63. The predicted molar refractivity (Wildman–Crippen MR) is 84.0 cm³/mol. The molecule has 0 aliphatic heterocycles. The third-order valence-corrected chi connectivity index (χ3v) is 6.81. The fraction of sp³-hybridized carbons (Fsp3) is 0.250. The van der Waals surface area contributed by atoms with Crippen LogP contribution in [0.3, 0.4) is 0 Å². The molecule has 0 saturated heterocycles.